The normalized spacial score (nSPS) is 10.9. The molecule has 0 spiro atoms. The SMILES string of the molecule is O=C(Cn1c(Cc2ccc(Cl)cc2)nc2ccccc21)Nc1ccc(Br)cc1. The minimum Gasteiger partial charge on any atom is -0.325 e. The number of aromatic nitrogens is 2. The predicted octanol–water partition coefficient (Wildman–Crippen LogP) is 5.68. The van der Waals surface area contributed by atoms with Gasteiger partial charge in [0.25, 0.3) is 0 Å². The number of nitrogens with zero attached hydrogens (tertiary/aromatic N) is 2. The van der Waals surface area contributed by atoms with Crippen molar-refractivity contribution >= 4 is 50.2 Å². The number of para-hydroxylation sites is 2. The van der Waals surface area contributed by atoms with Crippen molar-refractivity contribution in [2.45, 2.75) is 13.0 Å². The summed E-state index contributed by atoms with van der Waals surface area (Å²) in [6.07, 6.45) is 0.622. The summed E-state index contributed by atoms with van der Waals surface area (Å²) in [6.45, 7) is 0.194. The van der Waals surface area contributed by atoms with Crippen molar-refractivity contribution in [3.8, 4) is 0 Å². The lowest BCUT2D eigenvalue weighted by atomic mass is 10.1. The number of nitrogens with one attached hydrogen (secondary N) is 1. The molecule has 0 aliphatic carbocycles. The topological polar surface area (TPSA) is 46.9 Å². The van der Waals surface area contributed by atoms with Crippen LogP contribution in [0.1, 0.15) is 11.4 Å². The van der Waals surface area contributed by atoms with Gasteiger partial charge in [0.05, 0.1) is 11.0 Å². The fourth-order valence-electron chi connectivity index (χ4n) is 3.10. The van der Waals surface area contributed by atoms with E-state index in [0.717, 1.165) is 32.6 Å². The molecule has 0 aliphatic rings. The Kier molecular flexibility index (Phi) is 5.46. The summed E-state index contributed by atoms with van der Waals surface area (Å²) >= 11 is 9.39. The minimum atomic E-state index is -0.0946. The first-order valence-corrected chi connectivity index (χ1v) is 9.99. The number of benzene rings is 3. The van der Waals surface area contributed by atoms with Crippen LogP contribution in [0.5, 0.6) is 0 Å². The lowest BCUT2D eigenvalue weighted by Gasteiger charge is -2.10. The van der Waals surface area contributed by atoms with Crippen molar-refractivity contribution in [1.29, 1.82) is 0 Å². The third kappa shape index (κ3) is 4.26. The van der Waals surface area contributed by atoms with Gasteiger partial charge in [0.2, 0.25) is 5.91 Å². The standard InChI is InChI=1S/C22H17BrClN3O/c23-16-7-11-18(12-8-16)25-22(28)14-27-20-4-2-1-3-19(20)26-21(27)13-15-5-9-17(24)10-6-15/h1-12H,13-14H2,(H,25,28). The van der Waals surface area contributed by atoms with Crippen LogP contribution in [0.4, 0.5) is 5.69 Å². The Labute approximate surface area is 176 Å². The van der Waals surface area contributed by atoms with E-state index in [1.165, 1.54) is 0 Å². The van der Waals surface area contributed by atoms with E-state index in [1.807, 2.05) is 77.4 Å². The molecule has 0 saturated carbocycles. The molecule has 140 valence electrons. The molecule has 1 N–H and O–H groups in total. The van der Waals surface area contributed by atoms with Crippen molar-refractivity contribution in [3.63, 3.8) is 0 Å². The van der Waals surface area contributed by atoms with E-state index in [9.17, 15) is 4.79 Å². The predicted molar refractivity (Wildman–Crippen MR) is 117 cm³/mol. The lowest BCUT2D eigenvalue weighted by Crippen LogP contribution is -2.20. The Morgan fingerprint density at radius 1 is 1.00 bits per heavy atom. The van der Waals surface area contributed by atoms with Gasteiger partial charge in [-0.2, -0.15) is 0 Å². The first-order chi connectivity index (χ1) is 13.6. The van der Waals surface area contributed by atoms with Crippen LogP contribution in [0.25, 0.3) is 11.0 Å². The van der Waals surface area contributed by atoms with Crippen molar-refractivity contribution in [2.75, 3.05) is 5.32 Å². The highest BCUT2D eigenvalue weighted by molar-refractivity contribution is 9.10. The maximum Gasteiger partial charge on any atom is 0.244 e. The average molecular weight is 455 g/mol. The van der Waals surface area contributed by atoms with Crippen LogP contribution in [0.15, 0.2) is 77.3 Å². The molecule has 0 fully saturated rings. The zero-order valence-electron chi connectivity index (χ0n) is 14.9. The number of hydrogen-bond donors (Lipinski definition) is 1. The largest absolute Gasteiger partial charge is 0.325 e. The summed E-state index contributed by atoms with van der Waals surface area (Å²) in [5.41, 5.74) is 3.67. The average Bonchev–Trinajstić information content (AvgIpc) is 3.02. The van der Waals surface area contributed by atoms with E-state index in [1.54, 1.807) is 0 Å². The third-order valence-corrected chi connectivity index (χ3v) is 5.22. The molecule has 3 aromatic carbocycles. The van der Waals surface area contributed by atoms with E-state index in [0.29, 0.717) is 11.4 Å². The summed E-state index contributed by atoms with van der Waals surface area (Å²) in [6, 6.07) is 23.1. The highest BCUT2D eigenvalue weighted by atomic mass is 79.9. The van der Waals surface area contributed by atoms with Crippen LogP contribution < -0.4 is 5.32 Å². The van der Waals surface area contributed by atoms with E-state index >= 15 is 0 Å². The van der Waals surface area contributed by atoms with Crippen molar-refractivity contribution in [2.24, 2.45) is 0 Å². The second-order valence-electron chi connectivity index (χ2n) is 6.46. The molecule has 6 heteroatoms. The molecule has 0 unspecified atom stereocenters. The minimum absolute atomic E-state index is 0.0946. The molecule has 1 amide bonds. The molecule has 0 radical (unpaired) electrons. The van der Waals surface area contributed by atoms with Crippen molar-refractivity contribution in [3.05, 3.63) is 93.7 Å². The van der Waals surface area contributed by atoms with Crippen LogP contribution in [0.3, 0.4) is 0 Å². The van der Waals surface area contributed by atoms with Gasteiger partial charge in [-0.3, -0.25) is 4.79 Å². The number of imidazole rings is 1. The van der Waals surface area contributed by atoms with Crippen molar-refractivity contribution < 1.29 is 4.79 Å². The van der Waals surface area contributed by atoms with E-state index in [2.05, 4.69) is 21.2 Å². The van der Waals surface area contributed by atoms with Gasteiger partial charge in [-0.1, -0.05) is 51.8 Å². The summed E-state index contributed by atoms with van der Waals surface area (Å²) in [5.74, 6) is 0.748. The second kappa shape index (κ2) is 8.17. The summed E-state index contributed by atoms with van der Waals surface area (Å²) in [4.78, 5) is 17.4. The maximum atomic E-state index is 12.7. The number of amides is 1. The van der Waals surface area contributed by atoms with Crippen LogP contribution in [0, 0.1) is 0 Å². The maximum absolute atomic E-state index is 12.7. The lowest BCUT2D eigenvalue weighted by molar-refractivity contribution is -0.116. The molecule has 0 atom stereocenters. The third-order valence-electron chi connectivity index (χ3n) is 4.44. The number of anilines is 1. The smallest absolute Gasteiger partial charge is 0.244 e. The van der Waals surface area contributed by atoms with Crippen LogP contribution in [0.2, 0.25) is 5.02 Å². The first-order valence-electron chi connectivity index (χ1n) is 8.82. The molecule has 0 aliphatic heterocycles. The number of hydrogen-bond acceptors (Lipinski definition) is 2. The van der Waals surface area contributed by atoms with Crippen molar-refractivity contribution in [1.82, 2.24) is 9.55 Å². The van der Waals surface area contributed by atoms with Gasteiger partial charge >= 0.3 is 0 Å². The number of carbonyl (C=O) groups excluding carboxylic acids is 1. The Morgan fingerprint density at radius 2 is 1.71 bits per heavy atom. The molecule has 4 nitrogen and oxygen atoms in total. The number of rotatable bonds is 5. The Balaban J connectivity index is 1.61. The molecule has 0 saturated heterocycles. The molecule has 4 rings (SSSR count). The molecule has 28 heavy (non-hydrogen) atoms. The molecule has 1 heterocycles. The van der Waals surface area contributed by atoms with Gasteiger partial charge in [0.1, 0.15) is 12.4 Å². The first kappa shape index (κ1) is 18.7. The molecular formula is C22H17BrClN3O. The van der Waals surface area contributed by atoms with Crippen LogP contribution in [-0.2, 0) is 17.8 Å². The van der Waals surface area contributed by atoms with E-state index in [4.69, 9.17) is 16.6 Å². The Morgan fingerprint density at radius 3 is 2.46 bits per heavy atom. The molecule has 1 aromatic heterocycles. The molecule has 4 aromatic rings. The Bertz CT molecular complexity index is 1120. The van der Waals surface area contributed by atoms with Gasteiger partial charge < -0.3 is 9.88 Å². The summed E-state index contributed by atoms with van der Waals surface area (Å²) in [7, 11) is 0. The molecular weight excluding hydrogens is 438 g/mol. The monoisotopic (exact) mass is 453 g/mol. The quantitative estimate of drug-likeness (QED) is 0.421. The Hall–Kier alpha value is -2.63. The van der Waals surface area contributed by atoms with Gasteiger partial charge in [0.15, 0.2) is 0 Å². The van der Waals surface area contributed by atoms with E-state index in [-0.39, 0.29) is 12.5 Å². The van der Waals surface area contributed by atoms with Crippen LogP contribution in [-0.4, -0.2) is 15.5 Å². The second-order valence-corrected chi connectivity index (χ2v) is 7.81. The van der Waals surface area contributed by atoms with E-state index < -0.39 is 0 Å². The molecule has 0 bridgehead atoms. The highest BCUT2D eigenvalue weighted by Gasteiger charge is 2.14. The highest BCUT2D eigenvalue weighted by Crippen LogP contribution is 2.20. The number of carbonyl (C=O) groups is 1. The summed E-state index contributed by atoms with van der Waals surface area (Å²) < 4.78 is 2.94. The van der Waals surface area contributed by atoms with Crippen LogP contribution >= 0.6 is 27.5 Å². The summed E-state index contributed by atoms with van der Waals surface area (Å²) in [5, 5.41) is 3.64. The number of fused-ring (bicyclic) bond motifs is 1. The zero-order valence-corrected chi connectivity index (χ0v) is 17.2. The zero-order chi connectivity index (χ0) is 19.5. The fraction of sp³-hybridized carbons (Fsp3) is 0.0909. The van der Waals surface area contributed by atoms with Gasteiger partial charge in [-0.25, -0.2) is 4.98 Å². The van der Waals surface area contributed by atoms with Gasteiger partial charge in [-0.05, 0) is 54.1 Å². The van der Waals surface area contributed by atoms with Gasteiger partial charge in [-0.15, -0.1) is 0 Å². The van der Waals surface area contributed by atoms with Gasteiger partial charge in [0, 0.05) is 21.6 Å². The fourth-order valence-corrected chi connectivity index (χ4v) is 3.49. The number of halogens is 2.